The highest BCUT2D eigenvalue weighted by atomic mass is 35.5. The molecule has 1 aromatic heterocycles. The van der Waals surface area contributed by atoms with Crippen LogP contribution in [-0.4, -0.2) is 17.9 Å². The van der Waals surface area contributed by atoms with Crippen molar-refractivity contribution in [2.45, 2.75) is 6.92 Å². The molecule has 0 unspecified atom stereocenters. The highest BCUT2D eigenvalue weighted by Crippen LogP contribution is 2.26. The van der Waals surface area contributed by atoms with Crippen LogP contribution < -0.4 is 10.2 Å². The second-order valence-corrected chi connectivity index (χ2v) is 6.07. The minimum atomic E-state index is -0.0977. The summed E-state index contributed by atoms with van der Waals surface area (Å²) in [5.74, 6) is 0.497. The van der Waals surface area contributed by atoms with Crippen molar-refractivity contribution in [1.82, 2.24) is 4.98 Å². The minimum Gasteiger partial charge on any atom is -0.340 e. The Bertz CT molecular complexity index is 896. The molecule has 0 aliphatic rings. The maximum atomic E-state index is 12.7. The van der Waals surface area contributed by atoms with E-state index in [-0.39, 0.29) is 5.91 Å². The Morgan fingerprint density at radius 1 is 1.08 bits per heavy atom. The summed E-state index contributed by atoms with van der Waals surface area (Å²) in [6, 6.07) is 18.6. The molecule has 0 saturated carbocycles. The lowest BCUT2D eigenvalue weighted by Gasteiger charge is -2.18. The van der Waals surface area contributed by atoms with Crippen molar-refractivity contribution in [2.75, 3.05) is 17.3 Å². The third-order valence-corrected chi connectivity index (χ3v) is 4.39. The number of nitrogens with zero attached hydrogens (tertiary/aromatic N) is 2. The number of nitrogens with one attached hydrogen (secondary N) is 1. The molecule has 3 aromatic rings. The van der Waals surface area contributed by atoms with E-state index in [9.17, 15) is 4.79 Å². The molecule has 0 saturated heterocycles. The van der Waals surface area contributed by atoms with Crippen LogP contribution in [0.25, 0.3) is 0 Å². The summed E-state index contributed by atoms with van der Waals surface area (Å²) < 4.78 is 0. The van der Waals surface area contributed by atoms with Gasteiger partial charge in [0.25, 0.3) is 5.91 Å². The second-order valence-electron chi connectivity index (χ2n) is 5.67. The van der Waals surface area contributed by atoms with E-state index in [1.165, 1.54) is 0 Å². The van der Waals surface area contributed by atoms with E-state index in [1.807, 2.05) is 55.5 Å². The standard InChI is InChI=1S/C20H18ClN3O/c1-14-17(21)9-6-10-18(14)23-19-13-15(11-12-22-19)20(25)24(2)16-7-4-3-5-8-16/h3-13H,1-2H3,(H,22,23). The summed E-state index contributed by atoms with van der Waals surface area (Å²) >= 11 is 6.15. The minimum absolute atomic E-state index is 0.0977. The van der Waals surface area contributed by atoms with E-state index in [4.69, 9.17) is 11.6 Å². The van der Waals surface area contributed by atoms with Gasteiger partial charge in [0.05, 0.1) is 0 Å². The van der Waals surface area contributed by atoms with E-state index < -0.39 is 0 Å². The van der Waals surface area contributed by atoms with Gasteiger partial charge in [-0.3, -0.25) is 4.79 Å². The average Bonchev–Trinajstić information content (AvgIpc) is 2.65. The largest absolute Gasteiger partial charge is 0.340 e. The molecular formula is C20H18ClN3O. The number of hydrogen-bond donors (Lipinski definition) is 1. The smallest absolute Gasteiger partial charge is 0.258 e. The van der Waals surface area contributed by atoms with E-state index in [1.54, 1.807) is 30.3 Å². The SMILES string of the molecule is Cc1c(Cl)cccc1Nc1cc(C(=O)N(C)c2ccccc2)ccn1. The zero-order valence-corrected chi connectivity index (χ0v) is 14.8. The summed E-state index contributed by atoms with van der Waals surface area (Å²) in [7, 11) is 1.76. The number of carbonyl (C=O) groups excluding carboxylic acids is 1. The number of aromatic nitrogens is 1. The molecule has 0 radical (unpaired) electrons. The summed E-state index contributed by atoms with van der Waals surface area (Å²) in [5, 5.41) is 3.90. The monoisotopic (exact) mass is 351 g/mol. The quantitative estimate of drug-likeness (QED) is 0.714. The van der Waals surface area contributed by atoms with Crippen LogP contribution in [0.3, 0.4) is 0 Å². The molecule has 25 heavy (non-hydrogen) atoms. The maximum absolute atomic E-state index is 12.7. The van der Waals surface area contributed by atoms with Gasteiger partial charge in [-0.2, -0.15) is 0 Å². The van der Waals surface area contributed by atoms with Crippen LogP contribution in [0, 0.1) is 6.92 Å². The van der Waals surface area contributed by atoms with Crippen LogP contribution in [0.4, 0.5) is 17.2 Å². The number of benzene rings is 2. The zero-order valence-electron chi connectivity index (χ0n) is 14.0. The Hall–Kier alpha value is -2.85. The molecule has 0 atom stereocenters. The third-order valence-electron chi connectivity index (χ3n) is 3.99. The van der Waals surface area contributed by atoms with Crippen LogP contribution in [0.5, 0.6) is 0 Å². The Kier molecular flexibility index (Phi) is 5.00. The molecule has 2 aromatic carbocycles. The van der Waals surface area contributed by atoms with Crippen molar-refractivity contribution < 1.29 is 4.79 Å². The topological polar surface area (TPSA) is 45.2 Å². The normalized spacial score (nSPS) is 10.4. The highest BCUT2D eigenvalue weighted by molar-refractivity contribution is 6.31. The maximum Gasteiger partial charge on any atom is 0.258 e. The number of amides is 1. The van der Waals surface area contributed by atoms with E-state index in [2.05, 4.69) is 10.3 Å². The highest BCUT2D eigenvalue weighted by Gasteiger charge is 2.14. The fourth-order valence-electron chi connectivity index (χ4n) is 2.48. The van der Waals surface area contributed by atoms with Crippen molar-refractivity contribution in [3.63, 3.8) is 0 Å². The molecule has 1 N–H and O–H groups in total. The second kappa shape index (κ2) is 7.36. The van der Waals surface area contributed by atoms with Gasteiger partial charge in [-0.25, -0.2) is 4.98 Å². The zero-order chi connectivity index (χ0) is 17.8. The van der Waals surface area contributed by atoms with Crippen LogP contribution in [0.2, 0.25) is 5.02 Å². The molecule has 0 spiro atoms. The molecule has 0 bridgehead atoms. The predicted molar refractivity (Wildman–Crippen MR) is 103 cm³/mol. The number of hydrogen-bond acceptors (Lipinski definition) is 3. The molecule has 1 amide bonds. The lowest BCUT2D eigenvalue weighted by Crippen LogP contribution is -2.26. The number of halogens is 1. The van der Waals surface area contributed by atoms with Crippen molar-refractivity contribution in [3.05, 3.63) is 83.0 Å². The van der Waals surface area contributed by atoms with Gasteiger partial charge in [-0.15, -0.1) is 0 Å². The summed E-state index contributed by atoms with van der Waals surface area (Å²) in [4.78, 5) is 18.6. The predicted octanol–water partition coefficient (Wildman–Crippen LogP) is 5.06. The van der Waals surface area contributed by atoms with Crippen molar-refractivity contribution in [1.29, 1.82) is 0 Å². The van der Waals surface area contributed by atoms with Gasteiger partial charge >= 0.3 is 0 Å². The van der Waals surface area contributed by atoms with Gasteiger partial charge < -0.3 is 10.2 Å². The van der Waals surface area contributed by atoms with Gasteiger partial charge in [-0.05, 0) is 48.9 Å². The Morgan fingerprint density at radius 3 is 2.60 bits per heavy atom. The Labute approximate surface area is 152 Å². The fraction of sp³-hybridized carbons (Fsp3) is 0.100. The average molecular weight is 352 g/mol. The van der Waals surface area contributed by atoms with Crippen LogP contribution >= 0.6 is 11.6 Å². The fourth-order valence-corrected chi connectivity index (χ4v) is 2.65. The van der Waals surface area contributed by atoms with Crippen LogP contribution in [-0.2, 0) is 0 Å². The lowest BCUT2D eigenvalue weighted by atomic mass is 10.2. The first-order chi connectivity index (χ1) is 12.1. The number of rotatable bonds is 4. The molecule has 4 nitrogen and oxygen atoms in total. The van der Waals surface area contributed by atoms with Gasteiger partial charge in [-0.1, -0.05) is 35.9 Å². The first kappa shape index (κ1) is 17.0. The Morgan fingerprint density at radius 2 is 1.84 bits per heavy atom. The van der Waals surface area contributed by atoms with Crippen molar-refractivity contribution >= 4 is 34.7 Å². The van der Waals surface area contributed by atoms with Gasteiger partial charge in [0, 0.05) is 35.2 Å². The van der Waals surface area contributed by atoms with E-state index in [0.717, 1.165) is 16.9 Å². The Balaban J connectivity index is 1.84. The van der Waals surface area contributed by atoms with Crippen molar-refractivity contribution in [2.24, 2.45) is 0 Å². The number of carbonyl (C=O) groups is 1. The molecule has 1 heterocycles. The van der Waals surface area contributed by atoms with Crippen molar-refractivity contribution in [3.8, 4) is 0 Å². The van der Waals surface area contributed by atoms with Crippen LogP contribution in [0.1, 0.15) is 15.9 Å². The lowest BCUT2D eigenvalue weighted by molar-refractivity contribution is 0.0993. The molecule has 0 fully saturated rings. The summed E-state index contributed by atoms with van der Waals surface area (Å²) in [6.45, 7) is 1.93. The van der Waals surface area contributed by atoms with Gasteiger partial charge in [0.2, 0.25) is 0 Å². The number of para-hydroxylation sites is 1. The first-order valence-corrected chi connectivity index (χ1v) is 8.25. The summed E-state index contributed by atoms with van der Waals surface area (Å²) in [6.07, 6.45) is 1.62. The first-order valence-electron chi connectivity index (χ1n) is 7.87. The molecule has 126 valence electrons. The van der Waals surface area contributed by atoms with Crippen LogP contribution in [0.15, 0.2) is 66.9 Å². The molecule has 0 aliphatic heterocycles. The summed E-state index contributed by atoms with van der Waals surface area (Å²) in [5.41, 5.74) is 3.19. The van der Waals surface area contributed by atoms with E-state index >= 15 is 0 Å². The number of pyridine rings is 1. The molecular weight excluding hydrogens is 334 g/mol. The third kappa shape index (κ3) is 3.80. The molecule has 5 heteroatoms. The van der Waals surface area contributed by atoms with E-state index in [0.29, 0.717) is 16.4 Å². The van der Waals surface area contributed by atoms with Gasteiger partial charge in [0.15, 0.2) is 0 Å². The molecule has 0 aliphatic carbocycles. The number of anilines is 3. The molecule has 3 rings (SSSR count). The van der Waals surface area contributed by atoms with Gasteiger partial charge in [0.1, 0.15) is 5.82 Å².